The predicted octanol–water partition coefficient (Wildman–Crippen LogP) is 5.84. The van der Waals surface area contributed by atoms with Crippen molar-refractivity contribution < 1.29 is 10.2 Å². The lowest BCUT2D eigenvalue weighted by molar-refractivity contribution is 0.469. The van der Waals surface area contributed by atoms with Crippen molar-refractivity contribution >= 4 is 0 Å². The van der Waals surface area contributed by atoms with Gasteiger partial charge in [-0.05, 0) is 57.3 Å². The van der Waals surface area contributed by atoms with Gasteiger partial charge in [0.2, 0.25) is 0 Å². The number of hydrogen-bond acceptors (Lipinski definition) is 2. The molecule has 2 N–H and O–H groups in total. The van der Waals surface area contributed by atoms with Crippen LogP contribution in [0.5, 0.6) is 11.5 Å². The average Bonchev–Trinajstić information content (AvgIpc) is 2.44. The first-order valence-corrected chi connectivity index (χ1v) is 8.58. The zero-order valence-corrected chi connectivity index (χ0v) is 15.9. The Morgan fingerprint density at radius 3 is 1.29 bits per heavy atom. The molecule has 0 saturated carbocycles. The molecule has 0 heterocycles. The lowest BCUT2D eigenvalue weighted by Gasteiger charge is -2.30. The standard InChI is InChI=1S/C22H30O2/c1-14(17-10-8-15(23)12-19(17)21(2,3)4)18-11-9-16(24)13-20(18)22(5,6)7/h8-14,23-24H,1-7H3. The highest BCUT2D eigenvalue weighted by atomic mass is 16.3. The maximum absolute atomic E-state index is 9.94. The molecule has 24 heavy (non-hydrogen) atoms. The monoisotopic (exact) mass is 326 g/mol. The largest absolute Gasteiger partial charge is 0.508 e. The van der Waals surface area contributed by atoms with Crippen LogP contribution in [0.25, 0.3) is 0 Å². The summed E-state index contributed by atoms with van der Waals surface area (Å²) in [6.07, 6.45) is 0. The fraction of sp³-hybridized carbons (Fsp3) is 0.455. The van der Waals surface area contributed by atoms with E-state index < -0.39 is 0 Å². The third kappa shape index (κ3) is 3.75. The molecule has 0 spiro atoms. The van der Waals surface area contributed by atoms with Gasteiger partial charge in [-0.2, -0.15) is 0 Å². The Labute approximate surface area is 146 Å². The van der Waals surface area contributed by atoms with E-state index in [4.69, 9.17) is 0 Å². The van der Waals surface area contributed by atoms with Crippen molar-refractivity contribution in [2.24, 2.45) is 0 Å². The number of phenolic OH excluding ortho intramolecular Hbond substituents is 2. The van der Waals surface area contributed by atoms with Crippen molar-refractivity contribution in [2.75, 3.05) is 0 Å². The molecule has 130 valence electrons. The van der Waals surface area contributed by atoms with Crippen LogP contribution in [-0.2, 0) is 10.8 Å². The van der Waals surface area contributed by atoms with E-state index in [-0.39, 0.29) is 16.7 Å². The molecule has 0 aliphatic heterocycles. The molecule has 2 aromatic rings. The van der Waals surface area contributed by atoms with Gasteiger partial charge in [0.15, 0.2) is 0 Å². The number of benzene rings is 2. The summed E-state index contributed by atoms with van der Waals surface area (Å²) in [5.74, 6) is 0.782. The van der Waals surface area contributed by atoms with Gasteiger partial charge in [0.25, 0.3) is 0 Å². The zero-order valence-electron chi connectivity index (χ0n) is 15.9. The van der Waals surface area contributed by atoms with Crippen molar-refractivity contribution in [3.05, 3.63) is 58.7 Å². The lowest BCUT2D eigenvalue weighted by Crippen LogP contribution is -2.19. The van der Waals surface area contributed by atoms with E-state index in [1.54, 1.807) is 12.1 Å². The van der Waals surface area contributed by atoms with Gasteiger partial charge >= 0.3 is 0 Å². The van der Waals surface area contributed by atoms with Gasteiger partial charge in [-0.15, -0.1) is 0 Å². The second-order valence-corrected chi connectivity index (χ2v) is 8.76. The molecule has 0 saturated heterocycles. The third-order valence-electron chi connectivity index (χ3n) is 4.62. The Morgan fingerprint density at radius 2 is 1.00 bits per heavy atom. The van der Waals surface area contributed by atoms with Crippen LogP contribution in [0.15, 0.2) is 36.4 Å². The van der Waals surface area contributed by atoms with Crippen molar-refractivity contribution in [1.82, 2.24) is 0 Å². The quantitative estimate of drug-likeness (QED) is 0.727. The van der Waals surface area contributed by atoms with Crippen LogP contribution in [0, 0.1) is 0 Å². The van der Waals surface area contributed by atoms with Gasteiger partial charge < -0.3 is 10.2 Å². The number of phenols is 2. The van der Waals surface area contributed by atoms with E-state index in [9.17, 15) is 10.2 Å². The highest BCUT2D eigenvalue weighted by Gasteiger charge is 2.26. The molecular formula is C22H30O2. The molecular weight excluding hydrogens is 296 g/mol. The average molecular weight is 326 g/mol. The second kappa shape index (κ2) is 6.16. The summed E-state index contributed by atoms with van der Waals surface area (Å²) in [5, 5.41) is 19.9. The summed E-state index contributed by atoms with van der Waals surface area (Å²) in [7, 11) is 0. The first-order valence-electron chi connectivity index (χ1n) is 8.58. The van der Waals surface area contributed by atoms with Crippen LogP contribution in [0.4, 0.5) is 0 Å². The van der Waals surface area contributed by atoms with Gasteiger partial charge in [0.05, 0.1) is 0 Å². The van der Waals surface area contributed by atoms with E-state index in [0.717, 1.165) is 11.1 Å². The van der Waals surface area contributed by atoms with E-state index in [1.807, 2.05) is 24.3 Å². The van der Waals surface area contributed by atoms with Gasteiger partial charge in [0, 0.05) is 5.92 Å². The molecule has 2 rings (SSSR count). The molecule has 2 aromatic carbocycles. The summed E-state index contributed by atoms with van der Waals surface area (Å²) in [4.78, 5) is 0. The van der Waals surface area contributed by atoms with Crippen molar-refractivity contribution in [2.45, 2.75) is 65.2 Å². The molecule has 0 amide bonds. The van der Waals surface area contributed by atoms with Gasteiger partial charge in [0.1, 0.15) is 11.5 Å². The Morgan fingerprint density at radius 1 is 0.667 bits per heavy atom. The Hall–Kier alpha value is -1.96. The first-order chi connectivity index (χ1) is 10.9. The maximum Gasteiger partial charge on any atom is 0.115 e. The lowest BCUT2D eigenvalue weighted by atomic mass is 9.74. The molecule has 0 bridgehead atoms. The summed E-state index contributed by atoms with van der Waals surface area (Å²) in [6, 6.07) is 11.3. The molecule has 2 heteroatoms. The fourth-order valence-corrected chi connectivity index (χ4v) is 3.31. The van der Waals surface area contributed by atoms with Gasteiger partial charge in [-0.1, -0.05) is 60.6 Å². The van der Waals surface area contributed by atoms with Crippen LogP contribution in [0.3, 0.4) is 0 Å². The summed E-state index contributed by atoms with van der Waals surface area (Å²) in [5.41, 5.74) is 4.64. The highest BCUT2D eigenvalue weighted by molar-refractivity contribution is 5.49. The molecule has 0 aliphatic carbocycles. The zero-order chi connectivity index (χ0) is 18.3. The van der Waals surface area contributed by atoms with E-state index >= 15 is 0 Å². The summed E-state index contributed by atoms with van der Waals surface area (Å²) >= 11 is 0. The van der Waals surface area contributed by atoms with Crippen molar-refractivity contribution in [1.29, 1.82) is 0 Å². The first kappa shape index (κ1) is 18.4. The van der Waals surface area contributed by atoms with Crippen LogP contribution < -0.4 is 0 Å². The molecule has 0 aliphatic rings. The molecule has 0 radical (unpaired) electrons. The maximum atomic E-state index is 9.94. The minimum Gasteiger partial charge on any atom is -0.508 e. The summed E-state index contributed by atoms with van der Waals surface area (Å²) < 4.78 is 0. The topological polar surface area (TPSA) is 40.5 Å². The van der Waals surface area contributed by atoms with E-state index in [2.05, 4.69) is 48.5 Å². The second-order valence-electron chi connectivity index (χ2n) is 8.76. The minimum atomic E-state index is -0.0544. The SMILES string of the molecule is CC(c1ccc(O)cc1C(C)(C)C)c1ccc(O)cc1C(C)(C)C. The van der Waals surface area contributed by atoms with Crippen LogP contribution in [0.2, 0.25) is 0 Å². The molecule has 0 atom stereocenters. The van der Waals surface area contributed by atoms with Crippen LogP contribution >= 0.6 is 0 Å². The molecule has 0 fully saturated rings. The Bertz CT molecular complexity index is 667. The number of rotatable bonds is 2. The van der Waals surface area contributed by atoms with Gasteiger partial charge in [-0.25, -0.2) is 0 Å². The predicted molar refractivity (Wildman–Crippen MR) is 101 cm³/mol. The normalized spacial score (nSPS) is 12.7. The van der Waals surface area contributed by atoms with Crippen molar-refractivity contribution in [3.63, 3.8) is 0 Å². The molecule has 0 unspecified atom stereocenters. The van der Waals surface area contributed by atoms with Gasteiger partial charge in [-0.3, -0.25) is 0 Å². The fourth-order valence-electron chi connectivity index (χ4n) is 3.31. The van der Waals surface area contributed by atoms with Crippen molar-refractivity contribution in [3.8, 4) is 11.5 Å². The van der Waals surface area contributed by atoms with Crippen LogP contribution in [-0.4, -0.2) is 10.2 Å². The highest BCUT2D eigenvalue weighted by Crippen LogP contribution is 2.40. The number of hydrogen-bond donors (Lipinski definition) is 2. The number of aromatic hydroxyl groups is 2. The molecule has 2 nitrogen and oxygen atoms in total. The Balaban J connectivity index is 2.65. The Kier molecular flexibility index (Phi) is 4.72. The molecule has 0 aromatic heterocycles. The summed E-state index contributed by atoms with van der Waals surface area (Å²) in [6.45, 7) is 15.2. The van der Waals surface area contributed by atoms with Crippen LogP contribution in [0.1, 0.15) is 76.6 Å². The van der Waals surface area contributed by atoms with E-state index in [0.29, 0.717) is 11.5 Å². The van der Waals surface area contributed by atoms with E-state index in [1.165, 1.54) is 11.1 Å². The minimum absolute atomic E-state index is 0.0544. The third-order valence-corrected chi connectivity index (χ3v) is 4.62. The smallest absolute Gasteiger partial charge is 0.115 e.